The van der Waals surface area contributed by atoms with Crippen molar-refractivity contribution in [1.82, 2.24) is 0 Å². The number of thioether (sulfide) groups is 1. The number of hydrogen-bond acceptors (Lipinski definition) is 2. The van der Waals surface area contributed by atoms with Crippen molar-refractivity contribution in [3.63, 3.8) is 0 Å². The summed E-state index contributed by atoms with van der Waals surface area (Å²) in [6.07, 6.45) is 2.38. The van der Waals surface area contributed by atoms with Gasteiger partial charge in [0.2, 0.25) is 0 Å². The zero-order valence-corrected chi connectivity index (χ0v) is 7.36. The Kier molecular flexibility index (Phi) is 3.94. The molecule has 0 unspecified atom stereocenters. The van der Waals surface area contributed by atoms with Gasteiger partial charge in [0.1, 0.15) is 0 Å². The van der Waals surface area contributed by atoms with Crippen molar-refractivity contribution in [3.8, 4) is 0 Å². The van der Waals surface area contributed by atoms with Crippen LogP contribution in [0.2, 0.25) is 0 Å². The molecule has 0 spiro atoms. The van der Waals surface area contributed by atoms with Gasteiger partial charge in [-0.25, -0.2) is 0 Å². The first-order valence-corrected chi connectivity index (χ1v) is 4.23. The number of nitrogens with two attached hydrogens (primary N) is 1. The van der Waals surface area contributed by atoms with E-state index in [4.69, 9.17) is 5.73 Å². The van der Waals surface area contributed by atoms with Crippen LogP contribution in [0.5, 0.6) is 0 Å². The van der Waals surface area contributed by atoms with E-state index in [1.54, 1.807) is 0 Å². The predicted molar refractivity (Wildman–Crippen MR) is 46.4 cm³/mol. The van der Waals surface area contributed by atoms with E-state index in [1.807, 2.05) is 11.8 Å². The third kappa shape index (κ3) is 3.33. The molecular formula is C6H14ClNS. The molecule has 0 amide bonds. The van der Waals surface area contributed by atoms with Crippen molar-refractivity contribution in [1.29, 1.82) is 0 Å². The Morgan fingerprint density at radius 2 is 1.78 bits per heavy atom. The van der Waals surface area contributed by atoms with Gasteiger partial charge in [0.25, 0.3) is 0 Å². The molecule has 3 heteroatoms. The van der Waals surface area contributed by atoms with Crippen LogP contribution >= 0.6 is 24.2 Å². The lowest BCUT2D eigenvalue weighted by molar-refractivity contribution is 0.435. The van der Waals surface area contributed by atoms with E-state index < -0.39 is 0 Å². The van der Waals surface area contributed by atoms with Gasteiger partial charge in [-0.1, -0.05) is 0 Å². The van der Waals surface area contributed by atoms with Crippen molar-refractivity contribution in [2.45, 2.75) is 25.3 Å². The highest BCUT2D eigenvalue weighted by Crippen LogP contribution is 2.23. The van der Waals surface area contributed by atoms with Crippen LogP contribution < -0.4 is 5.73 Å². The second kappa shape index (κ2) is 3.69. The van der Waals surface area contributed by atoms with Crippen LogP contribution in [0.1, 0.15) is 19.8 Å². The molecule has 9 heavy (non-hydrogen) atoms. The molecule has 1 fully saturated rings. The lowest BCUT2D eigenvalue weighted by Gasteiger charge is -2.28. The quantitative estimate of drug-likeness (QED) is 0.594. The predicted octanol–water partition coefficient (Wildman–Crippen LogP) is 1.65. The first kappa shape index (κ1) is 9.60. The number of hydrogen-bond donors (Lipinski definition) is 1. The molecule has 1 aliphatic rings. The van der Waals surface area contributed by atoms with Gasteiger partial charge < -0.3 is 5.73 Å². The van der Waals surface area contributed by atoms with Gasteiger partial charge in [0.05, 0.1) is 0 Å². The molecule has 0 radical (unpaired) electrons. The van der Waals surface area contributed by atoms with Crippen molar-refractivity contribution in [2.75, 3.05) is 11.5 Å². The third-order valence-electron chi connectivity index (χ3n) is 1.64. The smallest absolute Gasteiger partial charge is 0.0141 e. The lowest BCUT2D eigenvalue weighted by atomic mass is 9.97. The minimum Gasteiger partial charge on any atom is -0.325 e. The molecule has 0 bridgehead atoms. The van der Waals surface area contributed by atoms with E-state index in [9.17, 15) is 0 Å². The van der Waals surface area contributed by atoms with Crippen LogP contribution in [0.25, 0.3) is 0 Å². The second-order valence-corrected chi connectivity index (χ2v) is 3.99. The highest BCUT2D eigenvalue weighted by molar-refractivity contribution is 7.99. The molecule has 1 heterocycles. The fourth-order valence-corrected chi connectivity index (χ4v) is 2.26. The van der Waals surface area contributed by atoms with Crippen molar-refractivity contribution in [3.05, 3.63) is 0 Å². The molecule has 1 nitrogen and oxygen atoms in total. The monoisotopic (exact) mass is 167 g/mol. The summed E-state index contributed by atoms with van der Waals surface area (Å²) in [7, 11) is 0. The molecule has 0 saturated carbocycles. The fourth-order valence-electron chi connectivity index (χ4n) is 0.838. The molecule has 56 valence electrons. The largest absolute Gasteiger partial charge is 0.325 e. The van der Waals surface area contributed by atoms with Gasteiger partial charge in [-0.15, -0.1) is 12.4 Å². The van der Waals surface area contributed by atoms with Crippen molar-refractivity contribution in [2.24, 2.45) is 5.73 Å². The van der Waals surface area contributed by atoms with Gasteiger partial charge in [-0.3, -0.25) is 0 Å². The topological polar surface area (TPSA) is 26.0 Å². The first-order valence-electron chi connectivity index (χ1n) is 3.07. The fraction of sp³-hybridized carbons (Fsp3) is 1.00. The Balaban J connectivity index is 0.000000640. The first-order chi connectivity index (χ1) is 3.71. The maximum Gasteiger partial charge on any atom is 0.0141 e. The van der Waals surface area contributed by atoms with Crippen LogP contribution in [0, 0.1) is 0 Å². The molecular weight excluding hydrogens is 154 g/mol. The Labute approximate surface area is 67.2 Å². The van der Waals surface area contributed by atoms with E-state index in [2.05, 4.69) is 6.92 Å². The zero-order chi connectivity index (χ0) is 6.04. The average Bonchev–Trinajstić information content (AvgIpc) is 1.65. The van der Waals surface area contributed by atoms with E-state index >= 15 is 0 Å². The summed E-state index contributed by atoms with van der Waals surface area (Å²) in [5.41, 5.74) is 6.02. The van der Waals surface area contributed by atoms with E-state index in [0.29, 0.717) is 0 Å². The molecule has 1 saturated heterocycles. The van der Waals surface area contributed by atoms with Crippen LogP contribution in [-0.4, -0.2) is 17.0 Å². The summed E-state index contributed by atoms with van der Waals surface area (Å²) in [6, 6.07) is 0. The molecule has 0 aliphatic carbocycles. The molecule has 0 aromatic carbocycles. The average molecular weight is 168 g/mol. The maximum atomic E-state index is 5.86. The number of rotatable bonds is 0. The minimum absolute atomic E-state index is 0. The summed E-state index contributed by atoms with van der Waals surface area (Å²) in [6.45, 7) is 2.15. The summed E-state index contributed by atoms with van der Waals surface area (Å²) < 4.78 is 0. The van der Waals surface area contributed by atoms with Crippen LogP contribution in [0.3, 0.4) is 0 Å². The molecule has 0 atom stereocenters. The van der Waals surface area contributed by atoms with E-state index in [-0.39, 0.29) is 17.9 Å². The highest BCUT2D eigenvalue weighted by atomic mass is 35.5. The second-order valence-electron chi connectivity index (χ2n) is 2.77. The van der Waals surface area contributed by atoms with E-state index in [1.165, 1.54) is 24.3 Å². The maximum absolute atomic E-state index is 5.86. The van der Waals surface area contributed by atoms with Crippen LogP contribution in [0.4, 0.5) is 0 Å². The van der Waals surface area contributed by atoms with Gasteiger partial charge in [-0.2, -0.15) is 11.8 Å². The molecule has 2 N–H and O–H groups in total. The van der Waals surface area contributed by atoms with Gasteiger partial charge >= 0.3 is 0 Å². The van der Waals surface area contributed by atoms with E-state index in [0.717, 1.165) is 0 Å². The standard InChI is InChI=1S/C6H13NS.ClH/c1-6(7)2-4-8-5-3-6;/h2-5,7H2,1H3;1H. The molecule has 1 rings (SSSR count). The van der Waals surface area contributed by atoms with Crippen molar-refractivity contribution >= 4 is 24.2 Å². The zero-order valence-electron chi connectivity index (χ0n) is 5.72. The lowest BCUT2D eigenvalue weighted by Crippen LogP contribution is -2.39. The summed E-state index contributed by atoms with van der Waals surface area (Å²) in [5, 5.41) is 0. The highest BCUT2D eigenvalue weighted by Gasteiger charge is 2.20. The molecule has 0 aromatic heterocycles. The summed E-state index contributed by atoms with van der Waals surface area (Å²) in [4.78, 5) is 0. The van der Waals surface area contributed by atoms with Crippen molar-refractivity contribution < 1.29 is 0 Å². The SMILES string of the molecule is CC1(N)CCSCC1.Cl. The van der Waals surface area contributed by atoms with Crippen LogP contribution in [0.15, 0.2) is 0 Å². The number of halogens is 1. The van der Waals surface area contributed by atoms with Gasteiger partial charge in [0.15, 0.2) is 0 Å². The van der Waals surface area contributed by atoms with Gasteiger partial charge in [-0.05, 0) is 31.3 Å². The van der Waals surface area contributed by atoms with Gasteiger partial charge in [0, 0.05) is 5.54 Å². The molecule has 1 aliphatic heterocycles. The Hall–Kier alpha value is 0.600. The Morgan fingerprint density at radius 1 is 1.33 bits per heavy atom. The Bertz CT molecular complexity index is 77.1. The summed E-state index contributed by atoms with van der Waals surface area (Å²) >= 11 is 2.02. The minimum atomic E-state index is 0. The molecule has 0 aromatic rings. The third-order valence-corrected chi connectivity index (χ3v) is 2.62. The Morgan fingerprint density at radius 3 is 2.00 bits per heavy atom. The summed E-state index contributed by atoms with van der Waals surface area (Å²) in [5.74, 6) is 2.51. The van der Waals surface area contributed by atoms with Crippen LogP contribution in [-0.2, 0) is 0 Å². The normalized spacial score (nSPS) is 24.7.